The average Bonchev–Trinajstić information content (AvgIpc) is 2.93. The normalized spacial score (nSPS) is 14.3. The highest BCUT2D eigenvalue weighted by molar-refractivity contribution is 8.00. The maximum atomic E-state index is 3.66. The van der Waals surface area contributed by atoms with Gasteiger partial charge in [0.15, 0.2) is 0 Å². The molecular formula is C16H26N2S. The molecule has 0 atom stereocenters. The molecule has 0 spiro atoms. The molecule has 2 rings (SSSR count). The Morgan fingerprint density at radius 1 is 1.32 bits per heavy atom. The summed E-state index contributed by atoms with van der Waals surface area (Å²) < 4.78 is 0.394. The number of benzene rings is 1. The molecule has 0 saturated heterocycles. The zero-order valence-electron chi connectivity index (χ0n) is 12.4. The van der Waals surface area contributed by atoms with E-state index >= 15 is 0 Å². The summed E-state index contributed by atoms with van der Waals surface area (Å²) in [6, 6.07) is 6.66. The van der Waals surface area contributed by atoms with E-state index in [9.17, 15) is 0 Å². The lowest BCUT2D eigenvalue weighted by molar-refractivity contribution is 0.495. The number of fused-ring (bicyclic) bond motifs is 1. The van der Waals surface area contributed by atoms with E-state index in [0.717, 1.165) is 19.6 Å². The number of nitrogens with one attached hydrogen (secondary N) is 2. The molecule has 0 radical (unpaired) electrons. The first kappa shape index (κ1) is 14.7. The van der Waals surface area contributed by atoms with Crippen LogP contribution in [0.4, 0.5) is 5.69 Å². The predicted octanol–water partition coefficient (Wildman–Crippen LogP) is 3.67. The van der Waals surface area contributed by atoms with Gasteiger partial charge in [0.05, 0.1) is 0 Å². The molecule has 106 valence electrons. The summed E-state index contributed by atoms with van der Waals surface area (Å²) in [4.78, 5) is 0. The van der Waals surface area contributed by atoms with Crippen LogP contribution in [-0.2, 0) is 13.0 Å². The summed E-state index contributed by atoms with van der Waals surface area (Å²) in [5.41, 5.74) is 4.26. The SMILES string of the molecule is CCC(CC)(CNCc1cccc2c1NCC2)SC. The lowest BCUT2D eigenvalue weighted by atomic mass is 10.0. The van der Waals surface area contributed by atoms with Crippen LogP contribution in [0.15, 0.2) is 18.2 Å². The minimum Gasteiger partial charge on any atom is -0.384 e. The molecule has 2 nitrogen and oxygen atoms in total. The molecule has 0 fully saturated rings. The smallest absolute Gasteiger partial charge is 0.0419 e. The molecule has 1 aliphatic heterocycles. The molecule has 19 heavy (non-hydrogen) atoms. The number of thioether (sulfide) groups is 1. The Hall–Kier alpha value is -0.670. The van der Waals surface area contributed by atoms with Gasteiger partial charge in [0, 0.05) is 30.1 Å². The Morgan fingerprint density at radius 2 is 2.11 bits per heavy atom. The van der Waals surface area contributed by atoms with Crippen LogP contribution < -0.4 is 10.6 Å². The van der Waals surface area contributed by atoms with Crippen LogP contribution in [0.3, 0.4) is 0 Å². The third-order valence-electron chi connectivity index (χ3n) is 4.42. The second-order valence-corrected chi connectivity index (χ2v) is 6.60. The largest absolute Gasteiger partial charge is 0.384 e. The fourth-order valence-corrected chi connectivity index (χ4v) is 3.67. The van der Waals surface area contributed by atoms with E-state index in [1.165, 1.54) is 36.1 Å². The van der Waals surface area contributed by atoms with E-state index in [2.05, 4.69) is 48.9 Å². The molecule has 3 heteroatoms. The number of rotatable bonds is 7. The first-order valence-corrected chi connectivity index (χ1v) is 8.57. The summed E-state index contributed by atoms with van der Waals surface area (Å²) in [7, 11) is 0. The molecule has 0 amide bonds. The lowest BCUT2D eigenvalue weighted by Crippen LogP contribution is -2.36. The van der Waals surface area contributed by atoms with Gasteiger partial charge in [-0.1, -0.05) is 32.0 Å². The maximum absolute atomic E-state index is 3.66. The van der Waals surface area contributed by atoms with Crippen LogP contribution in [-0.4, -0.2) is 24.1 Å². The van der Waals surface area contributed by atoms with Gasteiger partial charge >= 0.3 is 0 Å². The minimum absolute atomic E-state index is 0.394. The van der Waals surface area contributed by atoms with Crippen molar-refractivity contribution in [3.05, 3.63) is 29.3 Å². The highest BCUT2D eigenvalue weighted by atomic mass is 32.2. The summed E-state index contributed by atoms with van der Waals surface area (Å²) in [6.07, 6.45) is 5.85. The molecule has 1 aromatic rings. The van der Waals surface area contributed by atoms with Crippen LogP contribution in [0.2, 0.25) is 0 Å². The highest BCUT2D eigenvalue weighted by Gasteiger charge is 2.24. The third-order valence-corrected chi connectivity index (χ3v) is 6.01. The highest BCUT2D eigenvalue weighted by Crippen LogP contribution is 2.30. The number of hydrogen-bond donors (Lipinski definition) is 2. The monoisotopic (exact) mass is 278 g/mol. The second kappa shape index (κ2) is 6.67. The van der Waals surface area contributed by atoms with Gasteiger partial charge in [-0.2, -0.15) is 11.8 Å². The molecule has 1 aromatic carbocycles. The molecule has 0 saturated carbocycles. The Labute approximate surface area is 121 Å². The number of anilines is 1. The minimum atomic E-state index is 0.394. The molecule has 1 heterocycles. The molecule has 0 unspecified atom stereocenters. The Morgan fingerprint density at radius 3 is 2.79 bits per heavy atom. The predicted molar refractivity (Wildman–Crippen MR) is 87.2 cm³/mol. The van der Waals surface area contributed by atoms with Gasteiger partial charge in [0.25, 0.3) is 0 Å². The summed E-state index contributed by atoms with van der Waals surface area (Å²) in [5.74, 6) is 0. The van der Waals surface area contributed by atoms with Gasteiger partial charge in [0.2, 0.25) is 0 Å². The Bertz CT molecular complexity index is 405. The van der Waals surface area contributed by atoms with E-state index in [1.54, 1.807) is 0 Å². The van der Waals surface area contributed by atoms with Crippen LogP contribution in [0.1, 0.15) is 37.8 Å². The third kappa shape index (κ3) is 3.26. The zero-order chi connectivity index (χ0) is 13.7. The van der Waals surface area contributed by atoms with E-state index in [1.807, 2.05) is 11.8 Å². The van der Waals surface area contributed by atoms with Crippen LogP contribution in [0.5, 0.6) is 0 Å². The van der Waals surface area contributed by atoms with Gasteiger partial charge in [0.1, 0.15) is 0 Å². The quantitative estimate of drug-likeness (QED) is 0.796. The number of para-hydroxylation sites is 1. The topological polar surface area (TPSA) is 24.1 Å². The van der Waals surface area contributed by atoms with Crippen molar-refractivity contribution in [3.8, 4) is 0 Å². The Kier molecular flexibility index (Phi) is 5.17. The van der Waals surface area contributed by atoms with Crippen molar-refractivity contribution in [2.75, 3.05) is 24.7 Å². The maximum Gasteiger partial charge on any atom is 0.0419 e. The van der Waals surface area contributed by atoms with Crippen molar-refractivity contribution in [1.29, 1.82) is 0 Å². The molecule has 1 aliphatic rings. The van der Waals surface area contributed by atoms with Crippen LogP contribution in [0.25, 0.3) is 0 Å². The van der Waals surface area contributed by atoms with Crippen molar-refractivity contribution < 1.29 is 0 Å². The fraction of sp³-hybridized carbons (Fsp3) is 0.625. The average molecular weight is 278 g/mol. The van der Waals surface area contributed by atoms with Crippen molar-refractivity contribution in [1.82, 2.24) is 5.32 Å². The number of hydrogen-bond acceptors (Lipinski definition) is 3. The molecule has 2 N–H and O–H groups in total. The van der Waals surface area contributed by atoms with E-state index in [4.69, 9.17) is 0 Å². The van der Waals surface area contributed by atoms with Gasteiger partial charge in [-0.25, -0.2) is 0 Å². The summed E-state index contributed by atoms with van der Waals surface area (Å²) >= 11 is 2.00. The van der Waals surface area contributed by atoms with E-state index in [0.29, 0.717) is 4.75 Å². The van der Waals surface area contributed by atoms with Crippen molar-refractivity contribution in [2.45, 2.75) is 44.4 Å². The lowest BCUT2D eigenvalue weighted by Gasteiger charge is -2.30. The van der Waals surface area contributed by atoms with Gasteiger partial charge in [-0.3, -0.25) is 0 Å². The molecule has 0 aliphatic carbocycles. The second-order valence-electron chi connectivity index (χ2n) is 5.33. The van der Waals surface area contributed by atoms with Gasteiger partial charge in [-0.05, 0) is 36.6 Å². The Balaban J connectivity index is 1.95. The molecule has 0 aromatic heterocycles. The van der Waals surface area contributed by atoms with Crippen molar-refractivity contribution >= 4 is 17.4 Å². The summed E-state index contributed by atoms with van der Waals surface area (Å²) in [5, 5.41) is 7.18. The fourth-order valence-electron chi connectivity index (χ4n) is 2.84. The van der Waals surface area contributed by atoms with Crippen molar-refractivity contribution in [2.24, 2.45) is 0 Å². The summed E-state index contributed by atoms with van der Waals surface area (Å²) in [6.45, 7) is 7.74. The van der Waals surface area contributed by atoms with E-state index in [-0.39, 0.29) is 0 Å². The van der Waals surface area contributed by atoms with Gasteiger partial charge in [-0.15, -0.1) is 0 Å². The first-order valence-electron chi connectivity index (χ1n) is 7.35. The first-order chi connectivity index (χ1) is 9.24. The van der Waals surface area contributed by atoms with Crippen molar-refractivity contribution in [3.63, 3.8) is 0 Å². The molecule has 0 bridgehead atoms. The van der Waals surface area contributed by atoms with Crippen LogP contribution >= 0.6 is 11.8 Å². The van der Waals surface area contributed by atoms with Crippen LogP contribution in [0, 0.1) is 0 Å². The molecular weight excluding hydrogens is 252 g/mol. The van der Waals surface area contributed by atoms with E-state index < -0.39 is 0 Å². The standard InChI is InChI=1S/C16H26N2S/c1-4-16(5-2,19-3)12-17-11-14-8-6-7-13-9-10-18-15(13)14/h6-8,17-18H,4-5,9-12H2,1-3H3. The van der Waals surface area contributed by atoms with Gasteiger partial charge < -0.3 is 10.6 Å². The zero-order valence-corrected chi connectivity index (χ0v) is 13.2.